The first kappa shape index (κ1) is 18.2. The monoisotopic (exact) mass is 438 g/mol. The molecule has 0 N–H and O–H groups in total. The first-order valence-corrected chi connectivity index (χ1v) is 10.0. The summed E-state index contributed by atoms with van der Waals surface area (Å²) in [5.74, 6) is 0.251. The molecule has 9 heteroatoms. The molecule has 25 heavy (non-hydrogen) atoms. The molecule has 0 bridgehead atoms. The fraction of sp³-hybridized carbons (Fsp3) is 0.312. The van der Waals surface area contributed by atoms with Gasteiger partial charge in [0.05, 0.1) is 5.75 Å². The summed E-state index contributed by atoms with van der Waals surface area (Å²) >= 11 is 5.89. The van der Waals surface area contributed by atoms with Gasteiger partial charge in [-0.05, 0) is 12.1 Å². The van der Waals surface area contributed by atoms with Gasteiger partial charge in [0.15, 0.2) is 10.1 Å². The summed E-state index contributed by atoms with van der Waals surface area (Å²) < 4.78 is 2.81. The molecular weight excluding hydrogens is 424 g/mol. The number of thioether (sulfide) groups is 1. The van der Waals surface area contributed by atoms with Crippen LogP contribution in [0.3, 0.4) is 0 Å². The van der Waals surface area contributed by atoms with E-state index in [2.05, 4.69) is 31.2 Å². The van der Waals surface area contributed by atoms with Gasteiger partial charge in [-0.2, -0.15) is 4.52 Å². The topological polar surface area (TPSA) is 77.2 Å². The zero-order chi connectivity index (χ0) is 18.2. The highest BCUT2D eigenvalue weighted by Crippen LogP contribution is 2.25. The lowest BCUT2D eigenvalue weighted by atomic mass is 9.93. The molecule has 0 radical (unpaired) electrons. The lowest BCUT2D eigenvalue weighted by Gasteiger charge is -2.14. The summed E-state index contributed by atoms with van der Waals surface area (Å²) in [6.45, 7) is 5.72. The van der Waals surface area contributed by atoms with Gasteiger partial charge in [0, 0.05) is 15.5 Å². The maximum absolute atomic E-state index is 12.5. The Bertz CT molecular complexity index is 990. The molecule has 0 spiro atoms. The lowest BCUT2D eigenvalue weighted by molar-refractivity contribution is 0.102. The molecule has 6 nitrogen and oxygen atoms in total. The second-order valence-corrected chi connectivity index (χ2v) is 9.48. The number of rotatable bonds is 4. The molecule has 3 aromatic rings. The molecule has 130 valence electrons. The Hall–Kier alpha value is -1.58. The van der Waals surface area contributed by atoms with Crippen LogP contribution in [0.1, 0.15) is 36.8 Å². The van der Waals surface area contributed by atoms with Gasteiger partial charge in [-0.3, -0.25) is 9.59 Å². The molecule has 2 heterocycles. The smallest absolute Gasteiger partial charge is 0.293 e. The number of aromatic nitrogens is 4. The summed E-state index contributed by atoms with van der Waals surface area (Å²) in [6, 6.07) is 7.21. The van der Waals surface area contributed by atoms with Gasteiger partial charge in [0.25, 0.3) is 5.56 Å². The summed E-state index contributed by atoms with van der Waals surface area (Å²) in [7, 11) is 0. The van der Waals surface area contributed by atoms with E-state index in [1.54, 1.807) is 12.1 Å². The van der Waals surface area contributed by atoms with E-state index >= 15 is 0 Å². The highest BCUT2D eigenvalue weighted by Gasteiger charge is 2.23. The van der Waals surface area contributed by atoms with Gasteiger partial charge in [-0.15, -0.1) is 15.3 Å². The van der Waals surface area contributed by atoms with Crippen molar-refractivity contribution in [3.63, 3.8) is 0 Å². The van der Waals surface area contributed by atoms with Crippen molar-refractivity contribution in [1.29, 1.82) is 0 Å². The normalized spacial score (nSPS) is 11.8. The summed E-state index contributed by atoms with van der Waals surface area (Å²) in [6.07, 6.45) is 0. The standard InChI is InChI=1S/C16H15BrN4O2S2/c1-16(2,3)12-13(23)21-14(19-18-12)25-15(20-21)24-8-11(22)9-4-6-10(17)7-5-9/h4-7H,8H2,1-3H3. The predicted molar refractivity (Wildman–Crippen MR) is 103 cm³/mol. The van der Waals surface area contributed by atoms with Crippen molar-refractivity contribution >= 4 is 49.8 Å². The van der Waals surface area contributed by atoms with Crippen molar-refractivity contribution in [3.8, 4) is 0 Å². The first-order chi connectivity index (χ1) is 11.8. The van der Waals surface area contributed by atoms with Gasteiger partial charge in [-0.25, -0.2) is 0 Å². The van der Waals surface area contributed by atoms with Gasteiger partial charge < -0.3 is 0 Å². The zero-order valence-electron chi connectivity index (χ0n) is 13.8. The Labute approximate surface area is 160 Å². The van der Waals surface area contributed by atoms with Crippen LogP contribution in [0.15, 0.2) is 37.9 Å². The number of halogens is 1. The second-order valence-electron chi connectivity index (χ2n) is 6.38. The van der Waals surface area contributed by atoms with Crippen molar-refractivity contribution in [1.82, 2.24) is 19.8 Å². The van der Waals surface area contributed by atoms with Crippen molar-refractivity contribution in [2.24, 2.45) is 0 Å². The van der Waals surface area contributed by atoms with Crippen LogP contribution in [0.4, 0.5) is 0 Å². The summed E-state index contributed by atoms with van der Waals surface area (Å²) in [4.78, 5) is 25.2. The van der Waals surface area contributed by atoms with E-state index in [9.17, 15) is 9.59 Å². The molecule has 1 aromatic carbocycles. The van der Waals surface area contributed by atoms with Crippen LogP contribution in [0.5, 0.6) is 0 Å². The van der Waals surface area contributed by atoms with Crippen LogP contribution in [-0.2, 0) is 5.41 Å². The fourth-order valence-electron chi connectivity index (χ4n) is 2.07. The average molecular weight is 439 g/mol. The van der Waals surface area contributed by atoms with Crippen molar-refractivity contribution in [2.45, 2.75) is 30.5 Å². The quantitative estimate of drug-likeness (QED) is 0.457. The number of benzene rings is 1. The SMILES string of the molecule is CC(C)(C)c1nnc2sc(SCC(=O)c3ccc(Br)cc3)nn2c1=O. The lowest BCUT2D eigenvalue weighted by Crippen LogP contribution is -2.30. The maximum atomic E-state index is 12.5. The molecule has 0 aliphatic rings. The van der Waals surface area contributed by atoms with Crippen LogP contribution in [-0.4, -0.2) is 31.3 Å². The highest BCUT2D eigenvalue weighted by molar-refractivity contribution is 9.10. The van der Waals surface area contributed by atoms with E-state index in [-0.39, 0.29) is 17.1 Å². The number of nitrogens with zero attached hydrogens (tertiary/aromatic N) is 4. The third kappa shape index (κ3) is 3.99. The Kier molecular flexibility index (Phi) is 5.08. The van der Waals surface area contributed by atoms with Crippen LogP contribution in [0, 0.1) is 0 Å². The number of carbonyl (C=O) groups is 1. The molecule has 0 saturated carbocycles. The van der Waals surface area contributed by atoms with Crippen LogP contribution >= 0.6 is 39.0 Å². The average Bonchev–Trinajstić information content (AvgIpc) is 2.96. The second kappa shape index (κ2) is 6.97. The Morgan fingerprint density at radius 1 is 1.24 bits per heavy atom. The molecule has 0 atom stereocenters. The molecular formula is C16H15BrN4O2S2. The van der Waals surface area contributed by atoms with Gasteiger partial charge in [0.2, 0.25) is 4.96 Å². The summed E-state index contributed by atoms with van der Waals surface area (Å²) in [5, 5.41) is 12.4. The third-order valence-corrected chi connectivity index (χ3v) is 5.94. The van der Waals surface area contributed by atoms with Crippen molar-refractivity contribution < 1.29 is 4.79 Å². The van der Waals surface area contributed by atoms with E-state index < -0.39 is 5.41 Å². The maximum Gasteiger partial charge on any atom is 0.297 e. The van der Waals surface area contributed by atoms with Crippen molar-refractivity contribution in [3.05, 3.63) is 50.3 Å². The zero-order valence-corrected chi connectivity index (χ0v) is 17.0. The fourth-order valence-corrected chi connectivity index (χ4v) is 4.10. The molecule has 0 aliphatic heterocycles. The largest absolute Gasteiger partial charge is 0.297 e. The minimum Gasteiger partial charge on any atom is -0.293 e. The third-order valence-electron chi connectivity index (χ3n) is 3.38. The van der Waals surface area contributed by atoms with E-state index in [4.69, 9.17) is 0 Å². The van der Waals surface area contributed by atoms with Crippen LogP contribution in [0.2, 0.25) is 0 Å². The van der Waals surface area contributed by atoms with E-state index in [1.165, 1.54) is 27.6 Å². The van der Waals surface area contributed by atoms with Crippen LogP contribution < -0.4 is 5.56 Å². The van der Waals surface area contributed by atoms with E-state index in [0.717, 1.165) is 4.47 Å². The molecule has 0 fully saturated rings. The first-order valence-electron chi connectivity index (χ1n) is 7.44. The minimum atomic E-state index is -0.403. The minimum absolute atomic E-state index is 0.00516. The van der Waals surface area contributed by atoms with E-state index in [1.807, 2.05) is 32.9 Å². The highest BCUT2D eigenvalue weighted by atomic mass is 79.9. The number of ketones is 1. The Morgan fingerprint density at radius 3 is 2.56 bits per heavy atom. The number of carbonyl (C=O) groups excluding carboxylic acids is 1. The Balaban J connectivity index is 1.81. The molecule has 2 aromatic heterocycles. The van der Waals surface area contributed by atoms with Gasteiger partial charge in [-0.1, -0.05) is 71.9 Å². The molecule has 0 unspecified atom stereocenters. The molecule has 0 amide bonds. The van der Waals surface area contributed by atoms with E-state index in [0.29, 0.717) is 20.6 Å². The number of Topliss-reactive ketones (excluding diaryl/α,β-unsaturated/α-hetero) is 1. The van der Waals surface area contributed by atoms with Gasteiger partial charge in [0.1, 0.15) is 5.69 Å². The molecule has 0 saturated heterocycles. The predicted octanol–water partition coefficient (Wildman–Crippen LogP) is 3.58. The van der Waals surface area contributed by atoms with Crippen molar-refractivity contribution in [2.75, 3.05) is 5.75 Å². The summed E-state index contributed by atoms with van der Waals surface area (Å²) in [5.41, 5.74) is 0.348. The Morgan fingerprint density at radius 2 is 1.92 bits per heavy atom. The van der Waals surface area contributed by atoms with Gasteiger partial charge >= 0.3 is 0 Å². The molecule has 0 aliphatic carbocycles. The number of fused-ring (bicyclic) bond motifs is 1. The number of hydrogen-bond acceptors (Lipinski definition) is 7. The number of hydrogen-bond donors (Lipinski definition) is 0. The van der Waals surface area contributed by atoms with Crippen LogP contribution in [0.25, 0.3) is 4.96 Å². The molecule has 3 rings (SSSR count).